The van der Waals surface area contributed by atoms with Gasteiger partial charge in [-0.25, -0.2) is 0 Å². The minimum atomic E-state index is 0.0537. The van der Waals surface area contributed by atoms with Crippen LogP contribution < -0.4 is 0 Å². The topological polar surface area (TPSA) is 17.1 Å². The molecule has 2 aromatic carbocycles. The fraction of sp³-hybridized carbons (Fsp3) is 0.350. The zero-order valence-electron chi connectivity index (χ0n) is 13.8. The number of hydrogen-bond acceptors (Lipinski definition) is 2. The molecule has 0 unspecified atom stereocenters. The van der Waals surface area contributed by atoms with Gasteiger partial charge >= 0.3 is 0 Å². The molecule has 22 heavy (non-hydrogen) atoms. The van der Waals surface area contributed by atoms with Crippen LogP contribution in [0.5, 0.6) is 0 Å². The molecule has 0 saturated carbocycles. The molecule has 2 heteroatoms. The summed E-state index contributed by atoms with van der Waals surface area (Å²) in [5, 5.41) is 0. The predicted octanol–water partition coefficient (Wildman–Crippen LogP) is 5.94. The Kier molecular flexibility index (Phi) is 5.84. The molecule has 0 radical (unpaired) electrons. The van der Waals surface area contributed by atoms with Crippen LogP contribution >= 0.6 is 11.8 Å². The first-order valence-electron chi connectivity index (χ1n) is 7.83. The Hall–Kier alpha value is -1.54. The maximum atomic E-state index is 11.9. The number of benzene rings is 2. The minimum Gasteiger partial charge on any atom is -0.294 e. The summed E-state index contributed by atoms with van der Waals surface area (Å²) in [6.45, 7) is 8.30. The van der Waals surface area contributed by atoms with Crippen molar-refractivity contribution >= 4 is 17.5 Å². The van der Waals surface area contributed by atoms with Crippen molar-refractivity contribution in [2.45, 2.75) is 44.3 Å². The Morgan fingerprint density at radius 1 is 0.909 bits per heavy atom. The number of carbonyl (C=O) groups is 1. The Labute approximate surface area is 138 Å². The molecule has 0 amide bonds. The van der Waals surface area contributed by atoms with Gasteiger partial charge in [-0.2, -0.15) is 0 Å². The number of carbonyl (C=O) groups excluding carboxylic acids is 1. The van der Waals surface area contributed by atoms with Gasteiger partial charge in [0, 0.05) is 22.1 Å². The van der Waals surface area contributed by atoms with Crippen molar-refractivity contribution in [3.63, 3.8) is 0 Å². The lowest BCUT2D eigenvalue weighted by Gasteiger charge is -2.08. The van der Waals surface area contributed by atoms with Crippen LogP contribution in [0.4, 0.5) is 0 Å². The van der Waals surface area contributed by atoms with Crippen molar-refractivity contribution in [2.24, 2.45) is 5.92 Å². The van der Waals surface area contributed by atoms with E-state index in [2.05, 4.69) is 38.1 Å². The maximum absolute atomic E-state index is 11.9. The standard InChI is InChI=1S/C20H24OS/c1-14(2)17-7-5-16(6-8-17)13-22-19-11-9-18(10-12-19)20(21)15(3)4/h5-12,14-15H,13H2,1-4H3. The highest BCUT2D eigenvalue weighted by atomic mass is 32.2. The third-order valence-electron chi connectivity index (χ3n) is 3.72. The number of hydrogen-bond donors (Lipinski definition) is 0. The Morgan fingerprint density at radius 3 is 2.00 bits per heavy atom. The molecular weight excluding hydrogens is 288 g/mol. The average Bonchev–Trinajstić information content (AvgIpc) is 2.53. The summed E-state index contributed by atoms with van der Waals surface area (Å²) in [6, 6.07) is 16.8. The smallest absolute Gasteiger partial charge is 0.165 e. The van der Waals surface area contributed by atoms with Gasteiger partial charge in [0.2, 0.25) is 0 Å². The molecule has 0 heterocycles. The van der Waals surface area contributed by atoms with Crippen LogP contribution in [-0.4, -0.2) is 5.78 Å². The molecule has 0 saturated heterocycles. The van der Waals surface area contributed by atoms with E-state index < -0.39 is 0 Å². The van der Waals surface area contributed by atoms with Gasteiger partial charge in [0.25, 0.3) is 0 Å². The van der Waals surface area contributed by atoms with E-state index in [-0.39, 0.29) is 11.7 Å². The van der Waals surface area contributed by atoms with Gasteiger partial charge in [0.05, 0.1) is 0 Å². The fourth-order valence-electron chi connectivity index (χ4n) is 2.21. The monoisotopic (exact) mass is 312 g/mol. The number of rotatable bonds is 6. The second-order valence-corrected chi connectivity index (χ2v) is 7.28. The van der Waals surface area contributed by atoms with Crippen molar-refractivity contribution in [3.05, 3.63) is 65.2 Å². The molecule has 0 aliphatic carbocycles. The van der Waals surface area contributed by atoms with Gasteiger partial charge < -0.3 is 0 Å². The van der Waals surface area contributed by atoms with Gasteiger partial charge in [-0.1, -0.05) is 64.1 Å². The first-order valence-corrected chi connectivity index (χ1v) is 8.82. The third kappa shape index (κ3) is 4.48. The first kappa shape index (κ1) is 16.8. The normalized spacial score (nSPS) is 11.2. The van der Waals surface area contributed by atoms with Crippen LogP contribution in [0, 0.1) is 5.92 Å². The summed E-state index contributed by atoms with van der Waals surface area (Å²) in [7, 11) is 0. The molecule has 0 aliphatic heterocycles. The lowest BCUT2D eigenvalue weighted by molar-refractivity contribution is 0.0939. The number of thioether (sulfide) groups is 1. The van der Waals surface area contributed by atoms with E-state index in [0.29, 0.717) is 5.92 Å². The second kappa shape index (κ2) is 7.64. The van der Waals surface area contributed by atoms with Crippen LogP contribution in [-0.2, 0) is 5.75 Å². The van der Waals surface area contributed by atoms with Crippen LogP contribution in [0.2, 0.25) is 0 Å². The quantitative estimate of drug-likeness (QED) is 0.485. The molecule has 0 atom stereocenters. The highest BCUT2D eigenvalue weighted by molar-refractivity contribution is 7.98. The molecule has 0 fully saturated rings. The van der Waals surface area contributed by atoms with Crippen molar-refractivity contribution in [3.8, 4) is 0 Å². The zero-order chi connectivity index (χ0) is 16.1. The van der Waals surface area contributed by atoms with Gasteiger partial charge in [-0.3, -0.25) is 4.79 Å². The molecule has 0 aliphatic rings. The van der Waals surface area contributed by atoms with Crippen LogP contribution in [0.25, 0.3) is 0 Å². The average molecular weight is 312 g/mol. The third-order valence-corrected chi connectivity index (χ3v) is 4.80. The predicted molar refractivity (Wildman–Crippen MR) is 95.7 cm³/mol. The van der Waals surface area contributed by atoms with Gasteiger partial charge in [-0.05, 0) is 29.2 Å². The lowest BCUT2D eigenvalue weighted by atomic mass is 10.0. The largest absolute Gasteiger partial charge is 0.294 e. The highest BCUT2D eigenvalue weighted by Crippen LogP contribution is 2.24. The van der Waals surface area contributed by atoms with E-state index >= 15 is 0 Å². The Bertz CT molecular complexity index is 609. The molecule has 0 N–H and O–H groups in total. The summed E-state index contributed by atoms with van der Waals surface area (Å²) >= 11 is 1.81. The van der Waals surface area contributed by atoms with Crippen LogP contribution in [0.15, 0.2) is 53.4 Å². The SMILES string of the molecule is CC(C)C(=O)c1ccc(SCc2ccc(C(C)C)cc2)cc1. The lowest BCUT2D eigenvalue weighted by Crippen LogP contribution is -2.06. The number of ketones is 1. The molecule has 116 valence electrons. The summed E-state index contributed by atoms with van der Waals surface area (Å²) in [4.78, 5) is 13.1. The van der Waals surface area contributed by atoms with E-state index in [1.54, 1.807) is 11.8 Å². The maximum Gasteiger partial charge on any atom is 0.165 e. The van der Waals surface area contributed by atoms with Gasteiger partial charge in [0.1, 0.15) is 0 Å². The molecule has 0 aromatic heterocycles. The fourth-order valence-corrected chi connectivity index (χ4v) is 3.07. The van der Waals surface area contributed by atoms with Crippen molar-refractivity contribution in [1.82, 2.24) is 0 Å². The Morgan fingerprint density at radius 2 is 1.50 bits per heavy atom. The van der Waals surface area contributed by atoms with E-state index in [1.807, 2.05) is 38.1 Å². The highest BCUT2D eigenvalue weighted by Gasteiger charge is 2.09. The molecule has 2 rings (SSSR count). The Balaban J connectivity index is 1.95. The van der Waals surface area contributed by atoms with E-state index in [9.17, 15) is 4.79 Å². The minimum absolute atomic E-state index is 0.0537. The number of Topliss-reactive ketones (excluding diaryl/α,β-unsaturated/α-hetero) is 1. The molecule has 0 spiro atoms. The van der Waals surface area contributed by atoms with E-state index in [0.717, 1.165) is 11.3 Å². The molecule has 1 nitrogen and oxygen atoms in total. The van der Waals surface area contributed by atoms with E-state index in [1.165, 1.54) is 16.0 Å². The summed E-state index contributed by atoms with van der Waals surface area (Å²) in [6.07, 6.45) is 0. The van der Waals surface area contributed by atoms with Gasteiger partial charge in [-0.15, -0.1) is 11.8 Å². The zero-order valence-corrected chi connectivity index (χ0v) is 14.6. The van der Waals surface area contributed by atoms with Crippen LogP contribution in [0.3, 0.4) is 0 Å². The van der Waals surface area contributed by atoms with E-state index in [4.69, 9.17) is 0 Å². The molecule has 0 bridgehead atoms. The second-order valence-electron chi connectivity index (χ2n) is 6.23. The summed E-state index contributed by atoms with van der Waals surface area (Å²) in [5.41, 5.74) is 3.52. The van der Waals surface area contributed by atoms with Crippen molar-refractivity contribution < 1.29 is 4.79 Å². The molecular formula is C20H24OS. The van der Waals surface area contributed by atoms with Gasteiger partial charge in [0.15, 0.2) is 5.78 Å². The molecule has 2 aromatic rings. The van der Waals surface area contributed by atoms with Crippen LogP contribution in [0.1, 0.15) is 55.1 Å². The first-order chi connectivity index (χ1) is 10.5. The summed E-state index contributed by atoms with van der Waals surface area (Å²) in [5.74, 6) is 1.79. The summed E-state index contributed by atoms with van der Waals surface area (Å²) < 4.78 is 0. The van der Waals surface area contributed by atoms with Crippen molar-refractivity contribution in [2.75, 3.05) is 0 Å². The van der Waals surface area contributed by atoms with Crippen molar-refractivity contribution in [1.29, 1.82) is 0 Å².